The maximum Gasteiger partial charge on any atom is 0.311 e. The second kappa shape index (κ2) is 5.77. The number of carboxylic acids is 1. The van der Waals surface area contributed by atoms with Crippen molar-refractivity contribution in [2.45, 2.75) is 17.7 Å². The molecular weight excluding hydrogens is 316 g/mol. The molecule has 0 fully saturated rings. The van der Waals surface area contributed by atoms with Crippen LogP contribution >= 0.6 is 0 Å². The van der Waals surface area contributed by atoms with E-state index in [1.165, 1.54) is 12.2 Å². The van der Waals surface area contributed by atoms with Gasteiger partial charge in [0.05, 0.1) is 10.8 Å². The van der Waals surface area contributed by atoms with Crippen LogP contribution in [0.15, 0.2) is 41.3 Å². The molecule has 0 amide bonds. The molecule has 120 valence electrons. The average Bonchev–Trinajstić information content (AvgIpc) is 2.46. The van der Waals surface area contributed by atoms with E-state index in [-0.39, 0.29) is 23.5 Å². The molecule has 8 heteroatoms. The minimum absolute atomic E-state index is 0.0534. The Bertz CT molecular complexity index is 693. The quantitative estimate of drug-likeness (QED) is 0.857. The molecule has 1 aromatic rings. The number of aliphatic carboxylic acids is 1. The smallest absolute Gasteiger partial charge is 0.311 e. The van der Waals surface area contributed by atoms with E-state index in [1.54, 1.807) is 0 Å². The van der Waals surface area contributed by atoms with Gasteiger partial charge >= 0.3 is 5.97 Å². The van der Waals surface area contributed by atoms with Crippen molar-refractivity contribution in [3.63, 3.8) is 0 Å². The van der Waals surface area contributed by atoms with Gasteiger partial charge in [-0.05, 0) is 12.1 Å². The number of alkyl halides is 2. The van der Waals surface area contributed by atoms with Gasteiger partial charge in [-0.1, -0.05) is 24.3 Å². The number of rotatable bonds is 4. The van der Waals surface area contributed by atoms with Crippen LogP contribution in [0, 0.1) is 5.92 Å². The average molecular weight is 331 g/mol. The van der Waals surface area contributed by atoms with Crippen molar-refractivity contribution in [3.05, 3.63) is 42.0 Å². The topological polar surface area (TPSA) is 74.7 Å². The lowest BCUT2D eigenvalue weighted by Gasteiger charge is -2.26. The molecule has 1 heterocycles. The van der Waals surface area contributed by atoms with E-state index in [0.717, 1.165) is 35.5 Å². The lowest BCUT2D eigenvalue weighted by Crippen LogP contribution is -2.39. The zero-order chi connectivity index (χ0) is 16.5. The van der Waals surface area contributed by atoms with Crippen LogP contribution in [0.2, 0.25) is 0 Å². The molecule has 0 bridgehead atoms. The number of halogens is 2. The Balaban J connectivity index is 2.27. The third-order valence-corrected chi connectivity index (χ3v) is 5.24. The van der Waals surface area contributed by atoms with Gasteiger partial charge in [-0.25, -0.2) is 17.2 Å². The SMILES string of the molecule is CC(F)(F)c1ccc(S(=O)(=O)N2CC=CC(C(=O)O)C2)cc1. The van der Waals surface area contributed by atoms with Gasteiger partial charge in [0.2, 0.25) is 10.0 Å². The number of carbonyl (C=O) groups is 1. The molecule has 0 saturated carbocycles. The first-order valence-corrected chi connectivity index (χ1v) is 7.94. The number of benzene rings is 1. The summed E-state index contributed by atoms with van der Waals surface area (Å²) in [5.41, 5.74) is -0.284. The van der Waals surface area contributed by atoms with Gasteiger partial charge in [-0.15, -0.1) is 0 Å². The molecule has 1 N–H and O–H groups in total. The second-order valence-electron chi connectivity index (χ2n) is 5.11. The van der Waals surface area contributed by atoms with Gasteiger partial charge in [0.1, 0.15) is 0 Å². The summed E-state index contributed by atoms with van der Waals surface area (Å²) in [5, 5.41) is 8.96. The normalized spacial score (nSPS) is 20.0. The fourth-order valence-corrected chi connectivity index (χ4v) is 3.54. The number of hydrogen-bond donors (Lipinski definition) is 1. The fourth-order valence-electron chi connectivity index (χ4n) is 2.12. The first-order valence-electron chi connectivity index (χ1n) is 6.50. The van der Waals surface area contributed by atoms with Crippen LogP contribution in [-0.2, 0) is 20.7 Å². The van der Waals surface area contributed by atoms with Crippen molar-refractivity contribution < 1.29 is 27.1 Å². The zero-order valence-electron chi connectivity index (χ0n) is 11.7. The van der Waals surface area contributed by atoms with Crippen LogP contribution in [-0.4, -0.2) is 36.9 Å². The molecule has 1 aliphatic rings. The van der Waals surface area contributed by atoms with E-state index in [1.807, 2.05) is 0 Å². The molecule has 0 saturated heterocycles. The van der Waals surface area contributed by atoms with Gasteiger partial charge in [0.25, 0.3) is 5.92 Å². The van der Waals surface area contributed by atoms with E-state index in [2.05, 4.69) is 0 Å². The van der Waals surface area contributed by atoms with Gasteiger partial charge in [0.15, 0.2) is 0 Å². The minimum atomic E-state index is -3.92. The zero-order valence-corrected chi connectivity index (χ0v) is 12.6. The Morgan fingerprint density at radius 3 is 2.41 bits per heavy atom. The van der Waals surface area contributed by atoms with Crippen LogP contribution in [0.5, 0.6) is 0 Å². The van der Waals surface area contributed by atoms with Crippen LogP contribution in [0.1, 0.15) is 12.5 Å². The van der Waals surface area contributed by atoms with Crippen molar-refractivity contribution in [3.8, 4) is 0 Å². The summed E-state index contributed by atoms with van der Waals surface area (Å²) >= 11 is 0. The Morgan fingerprint density at radius 2 is 1.91 bits per heavy atom. The van der Waals surface area contributed by atoms with Crippen LogP contribution < -0.4 is 0 Å². The first kappa shape index (κ1) is 16.6. The first-order chi connectivity index (χ1) is 10.1. The maximum atomic E-state index is 13.1. The van der Waals surface area contributed by atoms with Crippen molar-refractivity contribution in [2.75, 3.05) is 13.1 Å². The third kappa shape index (κ3) is 3.33. The molecule has 0 spiro atoms. The minimum Gasteiger partial charge on any atom is -0.481 e. The Hall–Kier alpha value is -1.80. The third-order valence-electron chi connectivity index (χ3n) is 3.39. The molecule has 1 aliphatic heterocycles. The largest absolute Gasteiger partial charge is 0.481 e. The standard InChI is InChI=1S/C14H15F2NO4S/c1-14(15,16)11-4-6-12(7-5-11)22(20,21)17-8-2-3-10(9-17)13(18)19/h2-7,10H,8-9H2,1H3,(H,18,19). The van der Waals surface area contributed by atoms with Crippen LogP contribution in [0.3, 0.4) is 0 Å². The summed E-state index contributed by atoms with van der Waals surface area (Å²) in [6.45, 7) is 0.598. The number of sulfonamides is 1. The van der Waals surface area contributed by atoms with Gasteiger partial charge in [-0.3, -0.25) is 4.79 Å². The van der Waals surface area contributed by atoms with E-state index in [9.17, 15) is 22.0 Å². The lowest BCUT2D eigenvalue weighted by atomic mass is 10.1. The van der Waals surface area contributed by atoms with Crippen LogP contribution in [0.25, 0.3) is 0 Å². The molecule has 0 aromatic heterocycles. The summed E-state index contributed by atoms with van der Waals surface area (Å²) < 4.78 is 52.2. The molecule has 0 radical (unpaired) electrons. The molecule has 1 atom stereocenters. The molecule has 5 nitrogen and oxygen atoms in total. The van der Waals surface area contributed by atoms with Gasteiger partial charge in [-0.2, -0.15) is 4.31 Å². The van der Waals surface area contributed by atoms with Gasteiger partial charge < -0.3 is 5.11 Å². The predicted octanol–water partition coefficient (Wildman–Crippen LogP) is 2.06. The summed E-state index contributed by atoms with van der Waals surface area (Å²) in [7, 11) is -3.92. The highest BCUT2D eigenvalue weighted by atomic mass is 32.2. The monoisotopic (exact) mass is 331 g/mol. The van der Waals surface area contributed by atoms with E-state index >= 15 is 0 Å². The summed E-state index contributed by atoms with van der Waals surface area (Å²) in [6.07, 6.45) is 2.91. The molecule has 22 heavy (non-hydrogen) atoms. The number of hydrogen-bond acceptors (Lipinski definition) is 3. The Labute approximate surface area is 126 Å². The molecule has 1 unspecified atom stereocenters. The Kier molecular flexibility index (Phi) is 4.35. The molecular formula is C14H15F2NO4S. The van der Waals surface area contributed by atoms with Gasteiger partial charge in [0, 0.05) is 25.6 Å². The van der Waals surface area contributed by atoms with E-state index in [4.69, 9.17) is 5.11 Å². The highest BCUT2D eigenvalue weighted by molar-refractivity contribution is 7.89. The molecule has 1 aromatic carbocycles. The summed E-state index contributed by atoms with van der Waals surface area (Å²) in [5.74, 6) is -5.08. The highest BCUT2D eigenvalue weighted by Crippen LogP contribution is 2.28. The van der Waals surface area contributed by atoms with E-state index in [0.29, 0.717) is 0 Å². The van der Waals surface area contributed by atoms with Crippen molar-refractivity contribution in [1.82, 2.24) is 4.31 Å². The Morgan fingerprint density at radius 1 is 1.32 bits per heavy atom. The summed E-state index contributed by atoms with van der Waals surface area (Å²) in [4.78, 5) is 10.8. The predicted molar refractivity (Wildman–Crippen MR) is 75.0 cm³/mol. The van der Waals surface area contributed by atoms with Crippen LogP contribution in [0.4, 0.5) is 8.78 Å². The van der Waals surface area contributed by atoms with E-state index < -0.39 is 27.8 Å². The summed E-state index contributed by atoms with van der Waals surface area (Å²) in [6, 6.07) is 4.33. The fraction of sp³-hybridized carbons (Fsp3) is 0.357. The van der Waals surface area contributed by atoms with Crippen molar-refractivity contribution in [1.29, 1.82) is 0 Å². The van der Waals surface area contributed by atoms with Crippen molar-refractivity contribution >= 4 is 16.0 Å². The number of nitrogens with zero attached hydrogens (tertiary/aromatic N) is 1. The second-order valence-corrected chi connectivity index (χ2v) is 7.05. The molecule has 2 rings (SSSR count). The number of carboxylic acid groups (broad SMARTS) is 1. The highest BCUT2D eigenvalue weighted by Gasteiger charge is 2.31. The molecule has 0 aliphatic carbocycles. The lowest BCUT2D eigenvalue weighted by molar-refractivity contribution is -0.140. The van der Waals surface area contributed by atoms with Crippen molar-refractivity contribution in [2.24, 2.45) is 5.92 Å². The maximum absolute atomic E-state index is 13.1.